The molecule has 1 atom stereocenters. The lowest BCUT2D eigenvalue weighted by Crippen LogP contribution is -2.09. The van der Waals surface area contributed by atoms with Gasteiger partial charge in [0.15, 0.2) is 0 Å². The molecule has 1 aliphatic heterocycles. The van der Waals surface area contributed by atoms with Crippen molar-refractivity contribution in [3.8, 4) is 5.69 Å². The van der Waals surface area contributed by atoms with Gasteiger partial charge in [-0.2, -0.15) is 5.10 Å². The topological polar surface area (TPSA) is 34.9 Å². The molecule has 1 unspecified atom stereocenters. The van der Waals surface area contributed by atoms with E-state index in [4.69, 9.17) is 0 Å². The van der Waals surface area contributed by atoms with Gasteiger partial charge in [0.1, 0.15) is 5.78 Å². The molecular formula is C25H23IN2O. The molecule has 1 saturated carbocycles. The van der Waals surface area contributed by atoms with Gasteiger partial charge >= 0.3 is 0 Å². The van der Waals surface area contributed by atoms with Crippen LogP contribution in [0.25, 0.3) is 11.3 Å². The van der Waals surface area contributed by atoms with Crippen LogP contribution >= 0.6 is 20.7 Å². The number of hydrogen-bond donors (Lipinski definition) is 0. The highest BCUT2D eigenvalue weighted by Gasteiger charge is 2.24. The number of benzene rings is 2. The van der Waals surface area contributed by atoms with Crippen molar-refractivity contribution in [2.45, 2.75) is 32.6 Å². The summed E-state index contributed by atoms with van der Waals surface area (Å²) < 4.78 is 4.86. The lowest BCUT2D eigenvalue weighted by molar-refractivity contribution is -0.120. The maximum Gasteiger partial charge on any atom is 0.136 e. The zero-order valence-electron chi connectivity index (χ0n) is 16.4. The van der Waals surface area contributed by atoms with E-state index in [2.05, 4.69) is 72.8 Å². The number of allylic oxidation sites excluding steroid dienone is 2. The third kappa shape index (κ3) is 3.78. The van der Waals surface area contributed by atoms with Gasteiger partial charge in [-0.05, 0) is 67.2 Å². The van der Waals surface area contributed by atoms with Gasteiger partial charge in [0.05, 0.1) is 11.9 Å². The van der Waals surface area contributed by atoms with Crippen LogP contribution in [0.4, 0.5) is 0 Å². The summed E-state index contributed by atoms with van der Waals surface area (Å²) in [5.74, 6) is 0.658. The average molecular weight is 494 g/mol. The zero-order chi connectivity index (χ0) is 19.8. The molecule has 0 N–H and O–H groups in total. The summed E-state index contributed by atoms with van der Waals surface area (Å²) in [6, 6.07) is 17.3. The molecule has 1 aromatic heterocycles. The number of carbonyl (C=O) groups excluding carboxylic acids is 1. The fourth-order valence-corrected chi connectivity index (χ4v) is 7.29. The largest absolute Gasteiger partial charge is 0.299 e. The van der Waals surface area contributed by atoms with Crippen LogP contribution in [0.15, 0.2) is 67.0 Å². The molecule has 4 heteroatoms. The standard InChI is InChI=1S/C25H23IN2O/c1-17-13-24(26-23-7-3-2-6-22(17)23)20-15-27-28(16-20)21-11-9-18(10-12-21)14-19-5-4-8-25(19)29/h2-3,6-7,9-13,15-16,19H,4-5,8,14H2,1H3. The number of rotatable bonds is 4. The van der Waals surface area contributed by atoms with Gasteiger partial charge in [0, 0.05) is 31.2 Å². The Hall–Kier alpha value is -2.34. The van der Waals surface area contributed by atoms with E-state index < -0.39 is 0 Å². The van der Waals surface area contributed by atoms with Gasteiger partial charge in [0.25, 0.3) is 0 Å². The summed E-state index contributed by atoms with van der Waals surface area (Å²) in [6.45, 7) is 2.19. The van der Waals surface area contributed by atoms with Crippen LogP contribution in [0.3, 0.4) is 0 Å². The van der Waals surface area contributed by atoms with Gasteiger partial charge in [-0.1, -0.05) is 51.1 Å². The Morgan fingerprint density at radius 3 is 2.76 bits per heavy atom. The fraction of sp³-hybridized carbons (Fsp3) is 0.240. The molecule has 0 bridgehead atoms. The molecule has 2 heterocycles. The van der Waals surface area contributed by atoms with Gasteiger partial charge < -0.3 is 0 Å². The molecule has 0 saturated heterocycles. The summed E-state index contributed by atoms with van der Waals surface area (Å²) >= 11 is -0.197. The third-order valence-electron chi connectivity index (χ3n) is 5.82. The summed E-state index contributed by atoms with van der Waals surface area (Å²) in [6.07, 6.45) is 10.2. The van der Waals surface area contributed by atoms with E-state index in [1.165, 1.54) is 29.3 Å². The molecule has 2 aliphatic rings. The van der Waals surface area contributed by atoms with Gasteiger partial charge in [-0.3, -0.25) is 4.79 Å². The first-order chi connectivity index (χ1) is 14.2. The van der Waals surface area contributed by atoms with Gasteiger partial charge in [-0.15, -0.1) is 0 Å². The maximum atomic E-state index is 11.9. The second-order valence-corrected chi connectivity index (χ2v) is 10.7. The summed E-state index contributed by atoms with van der Waals surface area (Å²) in [7, 11) is 0. The van der Waals surface area contributed by atoms with E-state index in [1.807, 2.05) is 10.9 Å². The Morgan fingerprint density at radius 2 is 1.97 bits per heavy atom. The summed E-state index contributed by atoms with van der Waals surface area (Å²) in [5, 5.41) is 4.62. The lowest BCUT2D eigenvalue weighted by atomic mass is 9.97. The quantitative estimate of drug-likeness (QED) is 0.445. The minimum atomic E-state index is -0.197. The highest BCUT2D eigenvalue weighted by molar-refractivity contribution is 14.2. The minimum Gasteiger partial charge on any atom is -0.299 e. The molecule has 5 rings (SSSR count). The molecule has 1 fully saturated rings. The number of aromatic nitrogens is 2. The predicted octanol–water partition coefficient (Wildman–Crippen LogP) is 5.56. The first-order valence-corrected chi connectivity index (χ1v) is 12.3. The number of nitrogens with zero attached hydrogens (tertiary/aromatic N) is 2. The van der Waals surface area contributed by atoms with Crippen LogP contribution in [0.2, 0.25) is 0 Å². The van der Waals surface area contributed by atoms with Gasteiger partial charge in [0.2, 0.25) is 0 Å². The van der Waals surface area contributed by atoms with Crippen molar-refractivity contribution >= 4 is 35.6 Å². The van der Waals surface area contributed by atoms with Crippen molar-refractivity contribution in [1.29, 1.82) is 0 Å². The maximum absolute atomic E-state index is 11.9. The number of ketones is 1. The van der Waals surface area contributed by atoms with Crippen LogP contribution in [0.1, 0.15) is 42.9 Å². The third-order valence-corrected chi connectivity index (χ3v) is 8.86. The molecule has 0 radical (unpaired) electrons. The van der Waals surface area contributed by atoms with Crippen molar-refractivity contribution in [3.05, 3.63) is 87.3 Å². The SMILES string of the molecule is CC1=CC(c2cnn(-c3ccc(CC4CCCC4=O)cc3)c2)=Ic2ccccc21. The Morgan fingerprint density at radius 1 is 1.14 bits per heavy atom. The smallest absolute Gasteiger partial charge is 0.136 e. The Balaban J connectivity index is 1.37. The lowest BCUT2D eigenvalue weighted by Gasteiger charge is -2.13. The van der Waals surface area contributed by atoms with Crippen molar-refractivity contribution in [2.75, 3.05) is 0 Å². The highest BCUT2D eigenvalue weighted by Crippen LogP contribution is 2.32. The number of carbonyl (C=O) groups is 1. The molecule has 3 aromatic rings. The number of fused-ring (bicyclic) bond motifs is 1. The van der Waals surface area contributed by atoms with Crippen molar-refractivity contribution in [3.63, 3.8) is 0 Å². The van der Waals surface area contributed by atoms with Crippen LogP contribution in [0, 0.1) is 9.49 Å². The number of Topliss-reactive ketones (excluding diaryl/α,β-unsaturated/α-hetero) is 1. The second-order valence-electron chi connectivity index (χ2n) is 7.85. The van der Waals surface area contributed by atoms with Crippen molar-refractivity contribution in [1.82, 2.24) is 9.78 Å². The van der Waals surface area contributed by atoms with E-state index in [0.29, 0.717) is 5.78 Å². The molecule has 3 nitrogen and oxygen atoms in total. The van der Waals surface area contributed by atoms with Crippen LogP contribution in [-0.4, -0.2) is 19.1 Å². The second kappa shape index (κ2) is 7.82. The Bertz CT molecular complexity index is 1140. The predicted molar refractivity (Wildman–Crippen MR) is 127 cm³/mol. The van der Waals surface area contributed by atoms with Gasteiger partial charge in [-0.25, -0.2) is 4.68 Å². The molecule has 1 aliphatic carbocycles. The van der Waals surface area contributed by atoms with Crippen LogP contribution in [0.5, 0.6) is 0 Å². The molecule has 146 valence electrons. The molecule has 0 amide bonds. The highest BCUT2D eigenvalue weighted by atomic mass is 127. The van der Waals surface area contributed by atoms with Crippen LogP contribution in [-0.2, 0) is 11.2 Å². The Labute approximate surface area is 181 Å². The first-order valence-electron chi connectivity index (χ1n) is 10.1. The van der Waals surface area contributed by atoms with E-state index in [0.717, 1.165) is 31.4 Å². The number of halogens is 1. The first kappa shape index (κ1) is 18.7. The average Bonchev–Trinajstić information content (AvgIpc) is 3.38. The fourth-order valence-electron chi connectivity index (χ4n) is 4.17. The molecule has 29 heavy (non-hydrogen) atoms. The monoisotopic (exact) mass is 494 g/mol. The Kier molecular flexibility index (Phi) is 5.04. The molecular weight excluding hydrogens is 471 g/mol. The van der Waals surface area contributed by atoms with E-state index in [1.54, 1.807) is 0 Å². The minimum absolute atomic E-state index is 0.197. The zero-order valence-corrected chi connectivity index (χ0v) is 18.6. The summed E-state index contributed by atoms with van der Waals surface area (Å²) in [4.78, 5) is 11.9. The van der Waals surface area contributed by atoms with E-state index in [9.17, 15) is 4.79 Å². The van der Waals surface area contributed by atoms with E-state index >= 15 is 0 Å². The van der Waals surface area contributed by atoms with Crippen molar-refractivity contribution in [2.24, 2.45) is 5.92 Å². The molecule has 0 spiro atoms. The normalized spacial score (nSPS) is 18.7. The van der Waals surface area contributed by atoms with Crippen molar-refractivity contribution < 1.29 is 4.79 Å². The van der Waals surface area contributed by atoms with E-state index in [-0.39, 0.29) is 26.6 Å². The summed E-state index contributed by atoms with van der Waals surface area (Å²) in [5.41, 5.74) is 6.25. The van der Waals surface area contributed by atoms with Crippen LogP contribution < -0.4 is 0 Å². The number of hydrogen-bond acceptors (Lipinski definition) is 2. The molecule has 2 aromatic carbocycles.